The third-order valence-electron chi connectivity index (χ3n) is 5.20. The summed E-state index contributed by atoms with van der Waals surface area (Å²) >= 11 is 0. The van der Waals surface area contributed by atoms with Gasteiger partial charge in [-0.3, -0.25) is 16.2 Å². The van der Waals surface area contributed by atoms with Crippen molar-refractivity contribution in [3.05, 3.63) is 59.2 Å². The number of benzene rings is 2. The maximum atomic E-state index is 12.5. The number of nitrogens with zero attached hydrogens (tertiary/aromatic N) is 2. The Kier molecular flexibility index (Phi) is 7.39. The lowest BCUT2D eigenvalue weighted by Gasteiger charge is -2.24. The molecule has 0 aromatic heterocycles. The van der Waals surface area contributed by atoms with E-state index in [0.717, 1.165) is 41.0 Å². The largest absolute Gasteiger partial charge is 0.369 e. The number of rotatable bonds is 5. The molecule has 8 N–H and O–H groups in total. The first-order valence-corrected chi connectivity index (χ1v) is 10.6. The number of hydrazone groups is 2. The molecule has 3 rings (SSSR count). The van der Waals surface area contributed by atoms with E-state index in [0.29, 0.717) is 11.4 Å². The zero-order chi connectivity index (χ0) is 24.0. The fraction of sp³-hybridized carbons (Fsp3) is 0.261. The van der Waals surface area contributed by atoms with Gasteiger partial charge in [0.15, 0.2) is 0 Å². The number of aryl methyl sites for hydroxylation is 1. The second-order valence-corrected chi connectivity index (χ2v) is 7.92. The number of amides is 2. The van der Waals surface area contributed by atoms with Crippen molar-refractivity contribution in [2.75, 3.05) is 10.6 Å². The predicted octanol–water partition coefficient (Wildman–Crippen LogP) is 3.41. The van der Waals surface area contributed by atoms with Crippen LogP contribution in [0.3, 0.4) is 0 Å². The quantitative estimate of drug-likeness (QED) is 0.212. The molecule has 10 nitrogen and oxygen atoms in total. The molecule has 2 amide bonds. The van der Waals surface area contributed by atoms with E-state index < -0.39 is 0 Å². The van der Waals surface area contributed by atoms with E-state index >= 15 is 0 Å². The van der Waals surface area contributed by atoms with Crippen molar-refractivity contribution in [2.24, 2.45) is 21.9 Å². The topological polar surface area (TPSA) is 164 Å². The summed E-state index contributed by atoms with van der Waals surface area (Å²) < 4.78 is 0. The maximum Gasteiger partial charge on any atom is 0.323 e. The fourth-order valence-electron chi connectivity index (χ4n) is 3.51. The minimum Gasteiger partial charge on any atom is -0.369 e. The molecule has 1 aliphatic rings. The third kappa shape index (κ3) is 6.39. The molecule has 0 fully saturated rings. The van der Waals surface area contributed by atoms with Gasteiger partial charge in [-0.2, -0.15) is 10.2 Å². The molecular weight excluding hydrogens is 418 g/mol. The monoisotopic (exact) mass is 447 g/mol. The van der Waals surface area contributed by atoms with Gasteiger partial charge in [0.05, 0.1) is 11.4 Å². The first-order valence-electron chi connectivity index (χ1n) is 10.6. The standard InChI is InChI=1S/C23H29N9O/c1-13-4-5-17-12-19(10-11-20(17)21(13)31-32-22(25)26)28-23(33)27-18-8-6-16(7-9-18)14(2)29-30-15(3)24/h6-13H,4-5H2,1-3H3,(H2,24,30)(H4,25,26,32)(H2,27,28,33). The Bertz CT molecular complexity index is 1120. The Morgan fingerprint density at radius 1 is 1.03 bits per heavy atom. The van der Waals surface area contributed by atoms with Gasteiger partial charge < -0.3 is 16.4 Å². The van der Waals surface area contributed by atoms with Crippen molar-refractivity contribution < 1.29 is 4.79 Å². The minimum absolute atomic E-state index is 0.203. The van der Waals surface area contributed by atoms with Crippen LogP contribution >= 0.6 is 0 Å². The maximum absolute atomic E-state index is 12.5. The Morgan fingerprint density at radius 3 is 2.36 bits per heavy atom. The number of urea groups is 1. The van der Waals surface area contributed by atoms with Gasteiger partial charge in [-0.25, -0.2) is 10.2 Å². The first-order chi connectivity index (χ1) is 15.7. The molecule has 33 heavy (non-hydrogen) atoms. The van der Waals surface area contributed by atoms with Crippen LogP contribution in [0.25, 0.3) is 0 Å². The molecule has 172 valence electrons. The number of carbonyl (C=O) groups is 1. The lowest BCUT2D eigenvalue weighted by molar-refractivity contribution is 0.262. The summed E-state index contributed by atoms with van der Waals surface area (Å²) in [6, 6.07) is 12.7. The Labute approximate surface area is 192 Å². The molecule has 1 atom stereocenters. The number of fused-ring (bicyclic) bond motifs is 1. The van der Waals surface area contributed by atoms with E-state index in [9.17, 15) is 4.79 Å². The number of carbonyl (C=O) groups excluding carboxylic acids is 1. The van der Waals surface area contributed by atoms with Crippen LogP contribution in [0.15, 0.2) is 52.7 Å². The summed E-state index contributed by atoms with van der Waals surface area (Å²) in [7, 11) is 0. The number of nitrogens with one attached hydrogen (secondary N) is 6. The van der Waals surface area contributed by atoms with Crippen LogP contribution in [0.4, 0.5) is 16.2 Å². The Balaban J connectivity index is 1.65. The zero-order valence-electron chi connectivity index (χ0n) is 18.9. The van der Waals surface area contributed by atoms with Gasteiger partial charge in [-0.05, 0) is 62.1 Å². The van der Waals surface area contributed by atoms with Crippen LogP contribution in [0.2, 0.25) is 0 Å². The lowest BCUT2D eigenvalue weighted by atomic mass is 9.83. The van der Waals surface area contributed by atoms with Gasteiger partial charge in [0.25, 0.3) is 0 Å². The molecule has 2 aromatic carbocycles. The number of nitrogens with two attached hydrogens (primary N) is 1. The molecule has 0 heterocycles. The highest BCUT2D eigenvalue weighted by molar-refractivity contribution is 6.06. The van der Waals surface area contributed by atoms with E-state index in [1.807, 2.05) is 37.3 Å². The second-order valence-electron chi connectivity index (χ2n) is 7.92. The molecule has 1 unspecified atom stereocenters. The van der Waals surface area contributed by atoms with Crippen molar-refractivity contribution in [2.45, 2.75) is 33.6 Å². The van der Waals surface area contributed by atoms with Crippen LogP contribution in [0.1, 0.15) is 43.9 Å². The summed E-state index contributed by atoms with van der Waals surface area (Å²) in [6.45, 7) is 5.55. The molecule has 0 saturated carbocycles. The number of hydrogen-bond donors (Lipinski definition) is 7. The van der Waals surface area contributed by atoms with Crippen LogP contribution in [-0.2, 0) is 6.42 Å². The van der Waals surface area contributed by atoms with Gasteiger partial charge in [0.2, 0.25) is 5.96 Å². The molecule has 1 aliphatic carbocycles. The molecule has 0 spiro atoms. The molecule has 10 heteroatoms. The molecule has 0 saturated heterocycles. The highest BCUT2D eigenvalue weighted by atomic mass is 16.2. The van der Waals surface area contributed by atoms with Crippen molar-refractivity contribution in [1.29, 1.82) is 10.8 Å². The average molecular weight is 448 g/mol. The highest BCUT2D eigenvalue weighted by Gasteiger charge is 2.23. The van der Waals surface area contributed by atoms with Gasteiger partial charge in [0.1, 0.15) is 5.84 Å². The number of amidine groups is 1. The van der Waals surface area contributed by atoms with E-state index in [4.69, 9.17) is 16.6 Å². The Morgan fingerprint density at radius 2 is 1.70 bits per heavy atom. The van der Waals surface area contributed by atoms with Crippen LogP contribution in [0.5, 0.6) is 0 Å². The van der Waals surface area contributed by atoms with E-state index in [1.165, 1.54) is 0 Å². The van der Waals surface area contributed by atoms with Crippen molar-refractivity contribution in [3.8, 4) is 0 Å². The van der Waals surface area contributed by atoms with E-state index in [-0.39, 0.29) is 23.7 Å². The van der Waals surface area contributed by atoms with E-state index in [2.05, 4.69) is 38.6 Å². The highest BCUT2D eigenvalue weighted by Crippen LogP contribution is 2.28. The number of anilines is 2. The SMILES string of the molecule is CC(=N)NN=C(C)c1ccc(NC(=O)Nc2ccc3c(c2)CCC(C)C3=NNC(=N)N)cc1. The van der Waals surface area contributed by atoms with Crippen LogP contribution in [0, 0.1) is 16.7 Å². The van der Waals surface area contributed by atoms with Crippen molar-refractivity contribution >= 4 is 40.6 Å². The molecular formula is C23H29N9O. The lowest BCUT2D eigenvalue weighted by Crippen LogP contribution is -2.30. The predicted molar refractivity (Wildman–Crippen MR) is 133 cm³/mol. The van der Waals surface area contributed by atoms with Gasteiger partial charge in [0, 0.05) is 22.9 Å². The normalized spacial score (nSPS) is 16.5. The summed E-state index contributed by atoms with van der Waals surface area (Å²) in [5.74, 6) is 0.302. The molecule has 0 radical (unpaired) electrons. The smallest absolute Gasteiger partial charge is 0.323 e. The van der Waals surface area contributed by atoms with Crippen LogP contribution < -0.4 is 27.2 Å². The van der Waals surface area contributed by atoms with Crippen molar-refractivity contribution in [1.82, 2.24) is 10.9 Å². The molecule has 0 aliphatic heterocycles. The minimum atomic E-state index is -0.342. The summed E-state index contributed by atoms with van der Waals surface area (Å²) in [6.07, 6.45) is 1.80. The summed E-state index contributed by atoms with van der Waals surface area (Å²) in [4.78, 5) is 12.5. The number of hydrogen-bond acceptors (Lipinski definition) is 5. The average Bonchev–Trinajstić information content (AvgIpc) is 2.77. The van der Waals surface area contributed by atoms with Gasteiger partial charge >= 0.3 is 6.03 Å². The Hall–Kier alpha value is -4.21. The molecule has 2 aromatic rings. The fourth-order valence-corrected chi connectivity index (χ4v) is 3.51. The molecule has 0 bridgehead atoms. The third-order valence-corrected chi connectivity index (χ3v) is 5.20. The van der Waals surface area contributed by atoms with Gasteiger partial charge in [-0.15, -0.1) is 0 Å². The summed E-state index contributed by atoms with van der Waals surface area (Å²) in [5, 5.41) is 28.8. The summed E-state index contributed by atoms with van der Waals surface area (Å²) in [5.41, 5.74) is 16.4. The van der Waals surface area contributed by atoms with Gasteiger partial charge in [-0.1, -0.05) is 25.1 Å². The van der Waals surface area contributed by atoms with E-state index in [1.54, 1.807) is 19.1 Å². The number of guanidine groups is 1. The first kappa shape index (κ1) is 23.5. The zero-order valence-corrected chi connectivity index (χ0v) is 18.9. The van der Waals surface area contributed by atoms with Crippen molar-refractivity contribution in [3.63, 3.8) is 0 Å². The van der Waals surface area contributed by atoms with Crippen LogP contribution in [-0.4, -0.2) is 29.2 Å². The second kappa shape index (κ2) is 10.4.